The molecule has 0 aliphatic carbocycles. The second kappa shape index (κ2) is 6.43. The van der Waals surface area contributed by atoms with Crippen molar-refractivity contribution < 1.29 is 18.3 Å². The molecule has 3 N–H and O–H groups in total. The Hall–Kier alpha value is -2.63. The first kappa shape index (κ1) is 15.8. The standard InChI is InChI=1S/C16H16F2N2O2/c1-9-7-11(20-16(19)21)8-10(2)14(9)12-5-3-4-6-13(12)22-15(17)18/h3-8,15H,1-2H3,(H3,19,20,21). The first-order valence-corrected chi connectivity index (χ1v) is 6.60. The minimum Gasteiger partial charge on any atom is -0.434 e. The number of rotatable bonds is 4. The van der Waals surface area contributed by atoms with Crippen molar-refractivity contribution in [1.82, 2.24) is 0 Å². The summed E-state index contributed by atoms with van der Waals surface area (Å²) < 4.78 is 29.7. The van der Waals surface area contributed by atoms with Crippen LogP contribution in [0.1, 0.15) is 11.1 Å². The zero-order valence-electron chi connectivity index (χ0n) is 12.2. The molecule has 2 aromatic carbocycles. The molecule has 6 heteroatoms. The molecular weight excluding hydrogens is 290 g/mol. The maximum atomic E-state index is 12.5. The highest BCUT2D eigenvalue weighted by Crippen LogP contribution is 2.36. The van der Waals surface area contributed by atoms with Gasteiger partial charge in [0.2, 0.25) is 0 Å². The number of ether oxygens (including phenoxy) is 1. The molecule has 116 valence electrons. The van der Waals surface area contributed by atoms with Gasteiger partial charge in [0.05, 0.1) is 0 Å². The molecule has 0 aliphatic heterocycles. The van der Waals surface area contributed by atoms with Crippen LogP contribution in [-0.2, 0) is 0 Å². The summed E-state index contributed by atoms with van der Waals surface area (Å²) in [7, 11) is 0. The fourth-order valence-corrected chi connectivity index (χ4v) is 2.47. The summed E-state index contributed by atoms with van der Waals surface area (Å²) in [6.07, 6.45) is 0. The lowest BCUT2D eigenvalue weighted by atomic mass is 9.94. The number of carbonyl (C=O) groups excluding carboxylic acids is 1. The highest BCUT2D eigenvalue weighted by atomic mass is 19.3. The average Bonchev–Trinajstić information content (AvgIpc) is 2.38. The van der Waals surface area contributed by atoms with Crippen LogP contribution >= 0.6 is 0 Å². The van der Waals surface area contributed by atoms with E-state index in [1.54, 1.807) is 30.3 Å². The summed E-state index contributed by atoms with van der Waals surface area (Å²) in [5.41, 5.74) is 8.64. The van der Waals surface area contributed by atoms with Crippen LogP contribution < -0.4 is 15.8 Å². The number of nitrogens with one attached hydrogen (secondary N) is 1. The summed E-state index contributed by atoms with van der Waals surface area (Å²) in [5, 5.41) is 2.50. The van der Waals surface area contributed by atoms with Crippen LogP contribution in [-0.4, -0.2) is 12.6 Å². The van der Waals surface area contributed by atoms with Crippen LogP contribution in [0.4, 0.5) is 19.3 Å². The quantitative estimate of drug-likeness (QED) is 0.894. The Morgan fingerprint density at radius 1 is 1.18 bits per heavy atom. The average molecular weight is 306 g/mol. The fourth-order valence-electron chi connectivity index (χ4n) is 2.47. The Labute approximate surface area is 126 Å². The van der Waals surface area contributed by atoms with E-state index in [1.165, 1.54) is 6.07 Å². The lowest BCUT2D eigenvalue weighted by Crippen LogP contribution is -2.19. The van der Waals surface area contributed by atoms with Crippen molar-refractivity contribution in [3.8, 4) is 16.9 Å². The Balaban J connectivity index is 2.52. The number of benzene rings is 2. The molecule has 2 amide bonds. The van der Waals surface area contributed by atoms with Gasteiger partial charge in [-0.05, 0) is 48.7 Å². The Morgan fingerprint density at radius 2 is 1.77 bits per heavy atom. The highest BCUT2D eigenvalue weighted by Gasteiger charge is 2.15. The number of alkyl halides is 2. The summed E-state index contributed by atoms with van der Waals surface area (Å²) in [6.45, 7) is 0.763. The molecule has 0 heterocycles. The Morgan fingerprint density at radius 3 is 2.32 bits per heavy atom. The third-order valence-electron chi connectivity index (χ3n) is 3.17. The number of primary amides is 1. The van der Waals surface area contributed by atoms with Crippen molar-refractivity contribution in [2.75, 3.05) is 5.32 Å². The lowest BCUT2D eigenvalue weighted by Gasteiger charge is -2.16. The Bertz CT molecular complexity index is 679. The van der Waals surface area contributed by atoms with E-state index < -0.39 is 12.6 Å². The van der Waals surface area contributed by atoms with Crippen molar-refractivity contribution in [3.05, 3.63) is 47.5 Å². The molecule has 0 bridgehead atoms. The van der Waals surface area contributed by atoms with Crippen molar-refractivity contribution in [2.45, 2.75) is 20.5 Å². The molecule has 0 saturated carbocycles. The zero-order valence-corrected chi connectivity index (χ0v) is 12.2. The maximum absolute atomic E-state index is 12.5. The van der Waals surface area contributed by atoms with Crippen molar-refractivity contribution in [1.29, 1.82) is 0 Å². The van der Waals surface area contributed by atoms with Crippen molar-refractivity contribution in [2.24, 2.45) is 5.73 Å². The number of halogens is 2. The lowest BCUT2D eigenvalue weighted by molar-refractivity contribution is -0.0494. The molecule has 0 atom stereocenters. The summed E-state index contributed by atoms with van der Waals surface area (Å²) >= 11 is 0. The molecular formula is C16H16F2N2O2. The number of anilines is 1. The first-order valence-electron chi connectivity index (χ1n) is 6.60. The number of hydrogen-bond donors (Lipinski definition) is 2. The van der Waals surface area contributed by atoms with Gasteiger partial charge in [-0.2, -0.15) is 8.78 Å². The van der Waals surface area contributed by atoms with Crippen LogP contribution in [0.5, 0.6) is 5.75 Å². The first-order chi connectivity index (χ1) is 10.4. The normalized spacial score (nSPS) is 10.6. The monoisotopic (exact) mass is 306 g/mol. The van der Waals surface area contributed by atoms with Gasteiger partial charge in [-0.25, -0.2) is 4.79 Å². The molecule has 0 saturated heterocycles. The van der Waals surface area contributed by atoms with Gasteiger partial charge in [0.15, 0.2) is 0 Å². The predicted octanol–water partition coefficient (Wildman–Crippen LogP) is 4.06. The van der Waals surface area contributed by atoms with E-state index in [0.717, 1.165) is 16.7 Å². The number of urea groups is 1. The van der Waals surface area contributed by atoms with Crippen LogP contribution in [0.25, 0.3) is 11.1 Å². The van der Waals surface area contributed by atoms with Gasteiger partial charge >= 0.3 is 12.6 Å². The third kappa shape index (κ3) is 3.52. The fraction of sp³-hybridized carbons (Fsp3) is 0.188. The van der Waals surface area contributed by atoms with Crippen LogP contribution in [0.15, 0.2) is 36.4 Å². The topological polar surface area (TPSA) is 64.3 Å². The van der Waals surface area contributed by atoms with Gasteiger partial charge < -0.3 is 15.8 Å². The molecule has 0 radical (unpaired) electrons. The van der Waals surface area contributed by atoms with Crippen LogP contribution in [0.2, 0.25) is 0 Å². The molecule has 0 fully saturated rings. The van der Waals surface area contributed by atoms with E-state index >= 15 is 0 Å². The van der Waals surface area contributed by atoms with Crippen LogP contribution in [0, 0.1) is 13.8 Å². The molecule has 0 aliphatic rings. The number of nitrogens with two attached hydrogens (primary N) is 1. The van der Waals surface area contributed by atoms with E-state index in [0.29, 0.717) is 11.3 Å². The van der Waals surface area contributed by atoms with Gasteiger partial charge in [-0.3, -0.25) is 0 Å². The summed E-state index contributed by atoms with van der Waals surface area (Å²) in [5.74, 6) is 0.110. The number of para-hydroxylation sites is 1. The van der Waals surface area contributed by atoms with Gasteiger partial charge in [0.25, 0.3) is 0 Å². The smallest absolute Gasteiger partial charge is 0.387 e. The van der Waals surface area contributed by atoms with E-state index in [2.05, 4.69) is 10.1 Å². The van der Waals surface area contributed by atoms with Gasteiger partial charge in [0.1, 0.15) is 5.75 Å². The molecule has 2 aromatic rings. The zero-order chi connectivity index (χ0) is 16.3. The summed E-state index contributed by atoms with van der Waals surface area (Å²) in [4.78, 5) is 10.9. The highest BCUT2D eigenvalue weighted by molar-refractivity contribution is 5.89. The van der Waals surface area contributed by atoms with Crippen molar-refractivity contribution >= 4 is 11.7 Å². The molecule has 2 rings (SSSR count). The number of hydrogen-bond acceptors (Lipinski definition) is 2. The van der Waals surface area contributed by atoms with Gasteiger partial charge in [0, 0.05) is 11.3 Å². The molecule has 4 nitrogen and oxygen atoms in total. The minimum absolute atomic E-state index is 0.110. The maximum Gasteiger partial charge on any atom is 0.387 e. The molecule has 0 aromatic heterocycles. The van der Waals surface area contributed by atoms with Crippen LogP contribution in [0.3, 0.4) is 0 Å². The largest absolute Gasteiger partial charge is 0.434 e. The second-order valence-corrected chi connectivity index (χ2v) is 4.85. The molecule has 0 spiro atoms. The van der Waals surface area contributed by atoms with E-state index in [9.17, 15) is 13.6 Å². The SMILES string of the molecule is Cc1cc(NC(N)=O)cc(C)c1-c1ccccc1OC(F)F. The number of aryl methyl sites for hydroxylation is 2. The number of amides is 2. The van der Waals surface area contributed by atoms with Gasteiger partial charge in [-0.15, -0.1) is 0 Å². The Kier molecular flexibility index (Phi) is 4.60. The minimum atomic E-state index is -2.89. The number of carbonyl (C=O) groups is 1. The molecule has 0 unspecified atom stereocenters. The second-order valence-electron chi connectivity index (χ2n) is 4.85. The predicted molar refractivity (Wildman–Crippen MR) is 81.2 cm³/mol. The van der Waals surface area contributed by atoms with E-state index in [-0.39, 0.29) is 5.75 Å². The van der Waals surface area contributed by atoms with E-state index in [1.807, 2.05) is 13.8 Å². The van der Waals surface area contributed by atoms with Crippen molar-refractivity contribution in [3.63, 3.8) is 0 Å². The third-order valence-corrected chi connectivity index (χ3v) is 3.17. The summed E-state index contributed by atoms with van der Waals surface area (Å²) in [6, 6.07) is 9.40. The molecule has 22 heavy (non-hydrogen) atoms. The van der Waals surface area contributed by atoms with E-state index in [4.69, 9.17) is 5.73 Å². The van der Waals surface area contributed by atoms with Gasteiger partial charge in [-0.1, -0.05) is 18.2 Å².